The van der Waals surface area contributed by atoms with E-state index < -0.39 is 20.7 Å². The molecule has 0 unspecified atom stereocenters. The Kier molecular flexibility index (Phi) is 13.4. The van der Waals surface area contributed by atoms with E-state index >= 15 is 0 Å². The molecule has 14 heteroatoms. The van der Waals surface area contributed by atoms with Gasteiger partial charge >= 0.3 is 21.2 Å². The number of hydrogen-bond donors (Lipinski definition) is 5. The van der Waals surface area contributed by atoms with Crippen molar-refractivity contribution >= 4 is 74.3 Å². The van der Waals surface area contributed by atoms with Crippen molar-refractivity contribution < 1.29 is 33.4 Å². The van der Waals surface area contributed by atoms with Gasteiger partial charge in [0, 0.05) is 71.5 Å². The summed E-state index contributed by atoms with van der Waals surface area (Å²) in [5.41, 5.74) is -2.21. The molecule has 2 radical (unpaired) electrons. The summed E-state index contributed by atoms with van der Waals surface area (Å²) in [5, 5.41) is 2.14. The van der Waals surface area contributed by atoms with Crippen molar-refractivity contribution in [2.24, 2.45) is 0 Å². The molecule has 116 valence electrons. The van der Waals surface area contributed by atoms with Gasteiger partial charge in [0.1, 0.15) is 0 Å². The molecule has 0 aliphatic heterocycles. The Balaban J connectivity index is 0. The number of hydrogen-bond acceptors (Lipinski definition) is 6. The first-order valence-electron chi connectivity index (χ1n) is 5.45. The topological polar surface area (TPSA) is 162 Å². The Morgan fingerprint density at radius 3 is 2.05 bits per heavy atom. The third-order valence-electron chi connectivity index (χ3n) is 2.06. The summed E-state index contributed by atoms with van der Waals surface area (Å²) in [6.07, 6.45) is 3.23. The SMILES string of the molecule is O=P(O)(O)C(NCCCOc1ncccn1)P(=O)(O)O.[Na].[Na]. The predicted molar refractivity (Wildman–Crippen MR) is 79.5 cm³/mol. The van der Waals surface area contributed by atoms with Crippen LogP contribution in [0, 0.1) is 0 Å². The minimum atomic E-state index is -4.94. The summed E-state index contributed by atoms with van der Waals surface area (Å²) in [7, 11) is -9.89. The number of ether oxygens (including phenoxy) is 1. The van der Waals surface area contributed by atoms with Crippen molar-refractivity contribution in [2.45, 2.75) is 11.9 Å². The number of aromatic nitrogens is 2. The molecular weight excluding hydrogens is 358 g/mol. The molecule has 0 saturated heterocycles. The Bertz CT molecular complexity index is 490. The molecule has 0 amide bonds. The van der Waals surface area contributed by atoms with Crippen LogP contribution in [-0.4, -0.2) is 107 Å². The molecule has 0 aromatic carbocycles. The summed E-state index contributed by atoms with van der Waals surface area (Å²) in [6, 6.07) is 1.76. The molecule has 22 heavy (non-hydrogen) atoms. The predicted octanol–water partition coefficient (Wildman–Crippen LogP) is -1.29. The average Bonchev–Trinajstić information content (AvgIpc) is 2.31. The van der Waals surface area contributed by atoms with Crippen LogP contribution in [0.2, 0.25) is 0 Å². The Labute approximate surface area is 171 Å². The second-order valence-electron chi connectivity index (χ2n) is 3.74. The monoisotopic (exact) mass is 373 g/mol. The summed E-state index contributed by atoms with van der Waals surface area (Å²) >= 11 is 0. The van der Waals surface area contributed by atoms with Gasteiger partial charge in [0.15, 0.2) is 0 Å². The molecule has 1 aromatic heterocycles. The maximum atomic E-state index is 11.0. The molecule has 0 atom stereocenters. The first-order chi connectivity index (χ1) is 9.21. The Morgan fingerprint density at radius 1 is 1.09 bits per heavy atom. The fourth-order valence-corrected chi connectivity index (χ4v) is 3.56. The molecule has 0 aliphatic carbocycles. The van der Waals surface area contributed by atoms with Gasteiger partial charge in [0.2, 0.25) is 5.52 Å². The van der Waals surface area contributed by atoms with Crippen molar-refractivity contribution in [3.05, 3.63) is 18.5 Å². The van der Waals surface area contributed by atoms with Crippen molar-refractivity contribution in [1.29, 1.82) is 0 Å². The van der Waals surface area contributed by atoms with E-state index in [1.54, 1.807) is 6.07 Å². The molecule has 1 aromatic rings. The van der Waals surface area contributed by atoms with Gasteiger partial charge in [-0.05, 0) is 19.0 Å². The molecule has 0 fully saturated rings. The van der Waals surface area contributed by atoms with Crippen LogP contribution >= 0.6 is 15.2 Å². The fraction of sp³-hybridized carbons (Fsp3) is 0.500. The quantitative estimate of drug-likeness (QED) is 0.211. The van der Waals surface area contributed by atoms with Crippen LogP contribution in [0.5, 0.6) is 6.01 Å². The molecule has 10 nitrogen and oxygen atoms in total. The first-order valence-corrected chi connectivity index (χ1v) is 8.81. The zero-order valence-electron chi connectivity index (χ0n) is 12.2. The molecule has 0 saturated carbocycles. The van der Waals surface area contributed by atoms with Gasteiger partial charge in [-0.1, -0.05) is 0 Å². The Hall–Kier alpha value is 1.14. The zero-order valence-corrected chi connectivity index (χ0v) is 18.0. The van der Waals surface area contributed by atoms with Crippen molar-refractivity contribution in [3.8, 4) is 6.01 Å². The zero-order chi connectivity index (χ0) is 15.2. The minimum Gasteiger partial charge on any atom is -0.463 e. The second kappa shape index (κ2) is 11.7. The van der Waals surface area contributed by atoms with E-state index in [4.69, 9.17) is 24.3 Å². The van der Waals surface area contributed by atoms with Gasteiger partial charge in [0.25, 0.3) is 0 Å². The molecule has 5 N–H and O–H groups in total. The maximum Gasteiger partial charge on any atom is 0.354 e. The van der Waals surface area contributed by atoms with Gasteiger partial charge in [-0.2, -0.15) is 0 Å². The molecule has 0 bridgehead atoms. The molecular formula is C8H15N3Na2O7P2. The fourth-order valence-electron chi connectivity index (χ4n) is 1.26. The summed E-state index contributed by atoms with van der Waals surface area (Å²) in [6.45, 7) is 0.0831. The third kappa shape index (κ3) is 10.1. The summed E-state index contributed by atoms with van der Waals surface area (Å²) in [4.78, 5) is 43.0. The number of nitrogens with one attached hydrogen (secondary N) is 1. The van der Waals surface area contributed by atoms with Gasteiger partial charge in [0.05, 0.1) is 6.61 Å². The smallest absolute Gasteiger partial charge is 0.354 e. The largest absolute Gasteiger partial charge is 0.463 e. The van der Waals surface area contributed by atoms with E-state index in [9.17, 15) is 9.13 Å². The van der Waals surface area contributed by atoms with Gasteiger partial charge in [-0.3, -0.25) is 14.4 Å². The number of rotatable bonds is 8. The van der Waals surface area contributed by atoms with Crippen LogP contribution in [0.15, 0.2) is 18.5 Å². The third-order valence-corrected chi connectivity index (χ3v) is 5.50. The van der Waals surface area contributed by atoms with Crippen molar-refractivity contribution in [2.75, 3.05) is 13.2 Å². The van der Waals surface area contributed by atoms with Crippen LogP contribution in [0.3, 0.4) is 0 Å². The van der Waals surface area contributed by atoms with Crippen molar-refractivity contribution in [1.82, 2.24) is 15.3 Å². The van der Waals surface area contributed by atoms with Crippen molar-refractivity contribution in [3.63, 3.8) is 0 Å². The van der Waals surface area contributed by atoms with Crippen LogP contribution < -0.4 is 10.1 Å². The molecule has 0 spiro atoms. The van der Waals surface area contributed by atoms with E-state index in [-0.39, 0.29) is 84.7 Å². The normalized spacial score (nSPS) is 11.5. The van der Waals surface area contributed by atoms with E-state index in [0.29, 0.717) is 0 Å². The standard InChI is InChI=1S/C8H15N3O7P2.2Na/c12-19(13,14)8(20(15,16)17)11-5-2-6-18-7-9-3-1-4-10-7;;/h1,3-4,8,11H,2,5-6H2,(H2,12,13,14)(H2,15,16,17);;. The Morgan fingerprint density at radius 2 is 1.59 bits per heavy atom. The van der Waals surface area contributed by atoms with E-state index in [0.717, 1.165) is 0 Å². The first kappa shape index (κ1) is 25.4. The van der Waals surface area contributed by atoms with Crippen LogP contribution in [0.25, 0.3) is 0 Å². The maximum absolute atomic E-state index is 11.0. The summed E-state index contributed by atoms with van der Waals surface area (Å²) < 4.78 is 27.0. The van der Waals surface area contributed by atoms with E-state index in [1.807, 2.05) is 0 Å². The van der Waals surface area contributed by atoms with Gasteiger partial charge in [-0.15, -0.1) is 0 Å². The van der Waals surface area contributed by atoms with E-state index in [2.05, 4.69) is 15.3 Å². The number of nitrogens with zero attached hydrogens (tertiary/aromatic N) is 2. The van der Waals surface area contributed by atoms with Crippen LogP contribution in [0.4, 0.5) is 0 Å². The molecule has 1 heterocycles. The minimum absolute atomic E-state index is 0. The van der Waals surface area contributed by atoms with Gasteiger partial charge in [-0.25, -0.2) is 9.97 Å². The average molecular weight is 373 g/mol. The molecule has 1 rings (SSSR count). The molecule has 0 aliphatic rings. The second-order valence-corrected chi connectivity index (χ2v) is 7.54. The summed E-state index contributed by atoms with van der Waals surface area (Å²) in [5.74, 6) is 0. The van der Waals surface area contributed by atoms with Crippen LogP contribution in [0.1, 0.15) is 6.42 Å². The van der Waals surface area contributed by atoms with E-state index in [1.165, 1.54) is 12.4 Å². The van der Waals surface area contributed by atoms with Crippen LogP contribution in [-0.2, 0) is 9.13 Å². The van der Waals surface area contributed by atoms with Gasteiger partial charge < -0.3 is 24.3 Å².